The summed E-state index contributed by atoms with van der Waals surface area (Å²) in [4.78, 5) is 2.32. The first-order valence-electron chi connectivity index (χ1n) is 8.18. The smallest absolute Gasteiger partial charge is 0.156 e. The van der Waals surface area contributed by atoms with E-state index < -0.39 is 0 Å². The molecule has 0 unspecified atom stereocenters. The number of hydrogen-bond acceptors (Lipinski definition) is 5. The molecular weight excluding hydrogens is 264 g/mol. The minimum atomic E-state index is 0.390. The standard InChI is InChI=1S/C16H28N4O/c1-4-13-14(11-17)16(19-18-15(13)5-2)20-9-7-12(8-10-20)21-6-3/h12H,4-11,17H2,1-3H3. The first-order valence-corrected chi connectivity index (χ1v) is 8.18. The number of aromatic nitrogens is 2. The highest BCUT2D eigenvalue weighted by Crippen LogP contribution is 2.26. The highest BCUT2D eigenvalue weighted by atomic mass is 16.5. The average molecular weight is 292 g/mol. The van der Waals surface area contributed by atoms with Gasteiger partial charge in [0.1, 0.15) is 0 Å². The van der Waals surface area contributed by atoms with Crippen molar-refractivity contribution < 1.29 is 4.74 Å². The fourth-order valence-electron chi connectivity index (χ4n) is 3.18. The third-order valence-corrected chi connectivity index (χ3v) is 4.28. The van der Waals surface area contributed by atoms with Crippen molar-refractivity contribution in [1.29, 1.82) is 0 Å². The Labute approximate surface area is 127 Å². The molecule has 5 heteroatoms. The number of nitrogens with two attached hydrogens (primary N) is 1. The van der Waals surface area contributed by atoms with Crippen LogP contribution in [0, 0.1) is 0 Å². The maximum Gasteiger partial charge on any atom is 0.156 e. The number of piperidine rings is 1. The fourth-order valence-corrected chi connectivity index (χ4v) is 3.18. The Morgan fingerprint density at radius 2 is 1.81 bits per heavy atom. The van der Waals surface area contributed by atoms with Gasteiger partial charge in [0, 0.05) is 31.8 Å². The van der Waals surface area contributed by atoms with E-state index in [1.54, 1.807) is 0 Å². The van der Waals surface area contributed by atoms with Crippen molar-refractivity contribution in [3.8, 4) is 0 Å². The van der Waals surface area contributed by atoms with E-state index in [1.165, 1.54) is 11.1 Å². The van der Waals surface area contributed by atoms with Gasteiger partial charge in [-0.2, -0.15) is 5.10 Å². The van der Waals surface area contributed by atoms with Crippen LogP contribution < -0.4 is 10.6 Å². The lowest BCUT2D eigenvalue weighted by atomic mass is 10.0. The molecule has 2 rings (SSSR count). The van der Waals surface area contributed by atoms with Crippen LogP contribution in [0.15, 0.2) is 0 Å². The van der Waals surface area contributed by atoms with E-state index >= 15 is 0 Å². The van der Waals surface area contributed by atoms with Crippen LogP contribution in [0.3, 0.4) is 0 Å². The van der Waals surface area contributed by atoms with Gasteiger partial charge in [0.15, 0.2) is 5.82 Å². The zero-order valence-electron chi connectivity index (χ0n) is 13.6. The molecule has 0 atom stereocenters. The maximum absolute atomic E-state index is 6.01. The third kappa shape index (κ3) is 3.52. The molecule has 0 saturated carbocycles. The summed E-state index contributed by atoms with van der Waals surface area (Å²) in [7, 11) is 0. The van der Waals surface area contributed by atoms with E-state index in [4.69, 9.17) is 10.5 Å². The van der Waals surface area contributed by atoms with Crippen molar-refractivity contribution in [2.45, 2.75) is 59.1 Å². The molecule has 118 valence electrons. The van der Waals surface area contributed by atoms with Crippen LogP contribution >= 0.6 is 0 Å². The van der Waals surface area contributed by atoms with Gasteiger partial charge in [0.05, 0.1) is 11.8 Å². The first-order chi connectivity index (χ1) is 10.2. The molecular formula is C16H28N4O. The summed E-state index contributed by atoms with van der Waals surface area (Å²) in [6.07, 6.45) is 4.37. The molecule has 1 saturated heterocycles. The molecule has 1 fully saturated rings. The third-order valence-electron chi connectivity index (χ3n) is 4.28. The lowest BCUT2D eigenvalue weighted by Crippen LogP contribution is -2.38. The van der Waals surface area contributed by atoms with E-state index in [-0.39, 0.29) is 0 Å². The molecule has 0 aromatic carbocycles. The molecule has 1 aromatic rings. The number of ether oxygens (including phenoxy) is 1. The second-order valence-electron chi connectivity index (χ2n) is 5.48. The molecule has 5 nitrogen and oxygen atoms in total. The van der Waals surface area contributed by atoms with Crippen molar-refractivity contribution >= 4 is 5.82 Å². The van der Waals surface area contributed by atoms with E-state index in [9.17, 15) is 0 Å². The summed E-state index contributed by atoms with van der Waals surface area (Å²) in [6, 6.07) is 0. The second-order valence-corrected chi connectivity index (χ2v) is 5.48. The van der Waals surface area contributed by atoms with Crippen LogP contribution in [0.4, 0.5) is 5.82 Å². The molecule has 0 radical (unpaired) electrons. The predicted molar refractivity (Wildman–Crippen MR) is 85.5 cm³/mol. The molecule has 2 N–H and O–H groups in total. The van der Waals surface area contributed by atoms with Crippen molar-refractivity contribution in [2.24, 2.45) is 5.73 Å². The highest BCUT2D eigenvalue weighted by Gasteiger charge is 2.24. The minimum Gasteiger partial charge on any atom is -0.378 e. The summed E-state index contributed by atoms with van der Waals surface area (Å²) in [5.41, 5.74) is 9.57. The summed E-state index contributed by atoms with van der Waals surface area (Å²) in [5.74, 6) is 0.987. The monoisotopic (exact) mass is 292 g/mol. The van der Waals surface area contributed by atoms with Gasteiger partial charge >= 0.3 is 0 Å². The van der Waals surface area contributed by atoms with Gasteiger partial charge in [-0.25, -0.2) is 0 Å². The Bertz CT molecular complexity index is 456. The molecule has 0 amide bonds. The van der Waals surface area contributed by atoms with E-state index in [0.717, 1.165) is 56.9 Å². The van der Waals surface area contributed by atoms with Crippen LogP contribution in [-0.4, -0.2) is 36.0 Å². The predicted octanol–water partition coefficient (Wildman–Crippen LogP) is 2.07. The fraction of sp³-hybridized carbons (Fsp3) is 0.750. The Hall–Kier alpha value is -1.20. The molecule has 0 aliphatic carbocycles. The van der Waals surface area contributed by atoms with Gasteiger partial charge in [-0.05, 0) is 38.2 Å². The zero-order valence-corrected chi connectivity index (χ0v) is 13.6. The number of anilines is 1. The molecule has 1 aliphatic heterocycles. The topological polar surface area (TPSA) is 64.3 Å². The normalized spacial score (nSPS) is 16.5. The summed E-state index contributed by atoms with van der Waals surface area (Å²) >= 11 is 0. The Morgan fingerprint density at radius 1 is 1.10 bits per heavy atom. The van der Waals surface area contributed by atoms with Crippen molar-refractivity contribution in [3.63, 3.8) is 0 Å². The van der Waals surface area contributed by atoms with E-state index in [2.05, 4.69) is 35.9 Å². The molecule has 0 spiro atoms. The van der Waals surface area contributed by atoms with Crippen molar-refractivity contribution in [1.82, 2.24) is 10.2 Å². The summed E-state index contributed by atoms with van der Waals surface area (Å²) in [6.45, 7) is 9.62. The number of hydrogen-bond donors (Lipinski definition) is 1. The van der Waals surface area contributed by atoms with Gasteiger partial charge in [-0.1, -0.05) is 13.8 Å². The number of rotatable bonds is 6. The largest absolute Gasteiger partial charge is 0.378 e. The zero-order chi connectivity index (χ0) is 15.2. The molecule has 1 aromatic heterocycles. The minimum absolute atomic E-state index is 0.390. The summed E-state index contributed by atoms with van der Waals surface area (Å²) in [5, 5.41) is 8.91. The average Bonchev–Trinajstić information content (AvgIpc) is 2.54. The van der Waals surface area contributed by atoms with Gasteiger partial charge in [-0.15, -0.1) is 5.10 Å². The number of aryl methyl sites for hydroxylation is 1. The van der Waals surface area contributed by atoms with Crippen LogP contribution in [0.2, 0.25) is 0 Å². The van der Waals surface area contributed by atoms with Crippen molar-refractivity contribution in [2.75, 3.05) is 24.6 Å². The maximum atomic E-state index is 6.01. The van der Waals surface area contributed by atoms with Crippen LogP contribution in [-0.2, 0) is 24.1 Å². The molecule has 2 heterocycles. The van der Waals surface area contributed by atoms with E-state index in [1.807, 2.05) is 0 Å². The number of nitrogens with zero attached hydrogens (tertiary/aromatic N) is 3. The van der Waals surface area contributed by atoms with Crippen LogP contribution in [0.5, 0.6) is 0 Å². The molecule has 0 bridgehead atoms. The Morgan fingerprint density at radius 3 is 2.33 bits per heavy atom. The van der Waals surface area contributed by atoms with Gasteiger partial charge in [0.25, 0.3) is 0 Å². The van der Waals surface area contributed by atoms with Gasteiger partial charge in [0.2, 0.25) is 0 Å². The quantitative estimate of drug-likeness (QED) is 0.869. The molecule has 1 aliphatic rings. The second kappa shape index (κ2) is 7.71. The van der Waals surface area contributed by atoms with E-state index in [0.29, 0.717) is 12.6 Å². The SMILES string of the molecule is CCOC1CCN(c2nnc(CC)c(CC)c2CN)CC1. The van der Waals surface area contributed by atoms with Gasteiger partial charge in [-0.3, -0.25) is 0 Å². The van der Waals surface area contributed by atoms with Crippen LogP contribution in [0.1, 0.15) is 50.4 Å². The molecule has 21 heavy (non-hydrogen) atoms. The first kappa shape index (κ1) is 16.2. The lowest BCUT2D eigenvalue weighted by molar-refractivity contribution is 0.0458. The Balaban J connectivity index is 2.20. The van der Waals surface area contributed by atoms with Crippen LogP contribution in [0.25, 0.3) is 0 Å². The summed E-state index contributed by atoms with van der Waals surface area (Å²) < 4.78 is 5.72. The lowest BCUT2D eigenvalue weighted by Gasteiger charge is -2.33. The Kier molecular flexibility index (Phi) is 5.94. The van der Waals surface area contributed by atoms with Gasteiger partial charge < -0.3 is 15.4 Å². The highest BCUT2D eigenvalue weighted by molar-refractivity contribution is 5.51. The van der Waals surface area contributed by atoms with Crippen molar-refractivity contribution in [3.05, 3.63) is 16.8 Å².